The average Bonchev–Trinajstić information content (AvgIpc) is 2.02. The van der Waals surface area contributed by atoms with Gasteiger partial charge in [0.15, 0.2) is 9.84 Å². The van der Waals surface area contributed by atoms with E-state index < -0.39 is 14.6 Å². The highest BCUT2D eigenvalue weighted by Gasteiger charge is 2.29. The van der Waals surface area contributed by atoms with Crippen molar-refractivity contribution in [1.82, 2.24) is 0 Å². The molecule has 1 unspecified atom stereocenters. The van der Waals surface area contributed by atoms with Crippen molar-refractivity contribution >= 4 is 21.4 Å². The molecule has 0 rings (SSSR count). The normalized spacial score (nSPS) is 15.7. The van der Waals surface area contributed by atoms with E-state index in [4.69, 9.17) is 11.6 Å². The van der Waals surface area contributed by atoms with E-state index in [2.05, 4.69) is 13.8 Å². The van der Waals surface area contributed by atoms with Gasteiger partial charge in [-0.3, -0.25) is 0 Å². The van der Waals surface area contributed by atoms with Gasteiger partial charge in [-0.2, -0.15) is 0 Å². The van der Waals surface area contributed by atoms with Crippen LogP contribution in [0.5, 0.6) is 0 Å². The molecule has 0 aromatic heterocycles. The van der Waals surface area contributed by atoms with Gasteiger partial charge in [0.25, 0.3) is 0 Å². The van der Waals surface area contributed by atoms with Gasteiger partial charge < -0.3 is 0 Å². The van der Waals surface area contributed by atoms with Crippen LogP contribution in [0.3, 0.4) is 0 Å². The molecule has 0 saturated heterocycles. The van der Waals surface area contributed by atoms with E-state index in [9.17, 15) is 8.42 Å². The lowest BCUT2D eigenvalue weighted by atomic mass is 9.95. The van der Waals surface area contributed by atoms with Crippen molar-refractivity contribution in [3.63, 3.8) is 0 Å². The molecular formula is C11H23ClO2S. The third-order valence-corrected chi connectivity index (χ3v) is 5.87. The third kappa shape index (κ3) is 4.73. The summed E-state index contributed by atoms with van der Waals surface area (Å²) >= 11 is 5.81. The van der Waals surface area contributed by atoms with Crippen LogP contribution < -0.4 is 0 Å². The zero-order chi connectivity index (χ0) is 12.3. The molecule has 0 bridgehead atoms. The second-order valence-corrected chi connectivity index (χ2v) is 8.55. The lowest BCUT2D eigenvalue weighted by Gasteiger charge is -2.22. The summed E-state index contributed by atoms with van der Waals surface area (Å²) in [6.45, 7) is 9.39. The molecule has 0 aliphatic rings. The SMILES string of the molecule is CC(C)C(CCl)CCS(=O)(=O)C(C)(C)C. The van der Waals surface area contributed by atoms with Crippen LogP contribution in [0.25, 0.3) is 0 Å². The van der Waals surface area contributed by atoms with E-state index in [0.29, 0.717) is 24.1 Å². The van der Waals surface area contributed by atoms with Gasteiger partial charge >= 0.3 is 0 Å². The molecular weight excluding hydrogens is 232 g/mol. The Kier molecular flexibility index (Phi) is 5.62. The van der Waals surface area contributed by atoms with Crippen molar-refractivity contribution in [2.45, 2.75) is 45.8 Å². The molecule has 0 saturated carbocycles. The first-order chi connectivity index (χ1) is 6.62. The lowest BCUT2D eigenvalue weighted by Crippen LogP contribution is -2.31. The van der Waals surface area contributed by atoms with Crippen LogP contribution in [-0.2, 0) is 9.84 Å². The molecule has 0 heterocycles. The fourth-order valence-corrected chi connectivity index (χ4v) is 2.94. The van der Waals surface area contributed by atoms with E-state index in [1.165, 1.54) is 0 Å². The van der Waals surface area contributed by atoms with E-state index in [1.54, 1.807) is 20.8 Å². The predicted octanol–water partition coefficient (Wildman–Crippen LogP) is 3.10. The molecule has 92 valence electrons. The second-order valence-electron chi connectivity index (χ2n) is 5.38. The molecule has 0 N–H and O–H groups in total. The summed E-state index contributed by atoms with van der Waals surface area (Å²) in [4.78, 5) is 0. The summed E-state index contributed by atoms with van der Waals surface area (Å²) in [5.74, 6) is 1.52. The molecule has 4 heteroatoms. The third-order valence-electron chi connectivity index (χ3n) is 2.83. The van der Waals surface area contributed by atoms with Gasteiger partial charge in [0, 0.05) is 5.88 Å². The van der Waals surface area contributed by atoms with E-state index >= 15 is 0 Å². The number of sulfone groups is 1. The first kappa shape index (κ1) is 15.2. The van der Waals surface area contributed by atoms with Crippen LogP contribution in [0.1, 0.15) is 41.0 Å². The molecule has 15 heavy (non-hydrogen) atoms. The molecule has 0 aliphatic heterocycles. The molecule has 0 aromatic rings. The van der Waals surface area contributed by atoms with E-state index in [-0.39, 0.29) is 5.75 Å². The number of alkyl halides is 1. The smallest absolute Gasteiger partial charge is 0.155 e. The molecule has 0 aliphatic carbocycles. The van der Waals surface area contributed by atoms with Crippen LogP contribution in [-0.4, -0.2) is 24.8 Å². The van der Waals surface area contributed by atoms with Crippen LogP contribution >= 0.6 is 11.6 Å². The molecule has 0 amide bonds. The summed E-state index contributed by atoms with van der Waals surface area (Å²) in [6.07, 6.45) is 0.667. The summed E-state index contributed by atoms with van der Waals surface area (Å²) < 4.78 is 23.1. The predicted molar refractivity (Wildman–Crippen MR) is 67.2 cm³/mol. The second kappa shape index (κ2) is 5.53. The first-order valence-corrected chi connectivity index (χ1v) is 7.58. The Balaban J connectivity index is 4.39. The Bertz CT molecular complexity index is 275. The Morgan fingerprint density at radius 1 is 1.20 bits per heavy atom. The van der Waals surface area contributed by atoms with Gasteiger partial charge in [-0.05, 0) is 39.0 Å². The van der Waals surface area contributed by atoms with Crippen molar-refractivity contribution in [1.29, 1.82) is 0 Å². The Morgan fingerprint density at radius 3 is 1.93 bits per heavy atom. The van der Waals surface area contributed by atoms with Gasteiger partial charge in [0.2, 0.25) is 0 Å². The summed E-state index contributed by atoms with van der Waals surface area (Å²) in [6, 6.07) is 0. The fraction of sp³-hybridized carbons (Fsp3) is 1.00. The highest BCUT2D eigenvalue weighted by molar-refractivity contribution is 7.92. The average molecular weight is 255 g/mol. The van der Waals surface area contributed by atoms with Crippen molar-refractivity contribution in [2.24, 2.45) is 11.8 Å². The largest absolute Gasteiger partial charge is 0.228 e. The number of halogens is 1. The van der Waals surface area contributed by atoms with Crippen molar-refractivity contribution in [2.75, 3.05) is 11.6 Å². The highest BCUT2D eigenvalue weighted by Crippen LogP contribution is 2.22. The minimum Gasteiger partial charge on any atom is -0.228 e. The molecule has 1 atom stereocenters. The first-order valence-electron chi connectivity index (χ1n) is 5.40. The van der Waals surface area contributed by atoms with Crippen LogP contribution in [0.4, 0.5) is 0 Å². The Hall–Kier alpha value is 0.240. The van der Waals surface area contributed by atoms with Gasteiger partial charge in [-0.1, -0.05) is 13.8 Å². The fourth-order valence-electron chi connectivity index (χ4n) is 1.20. The van der Waals surface area contributed by atoms with Gasteiger partial charge in [0.1, 0.15) is 0 Å². The van der Waals surface area contributed by atoms with Gasteiger partial charge in [-0.15, -0.1) is 11.6 Å². The summed E-state index contributed by atoms with van der Waals surface area (Å²) in [5, 5.41) is 0. The van der Waals surface area contributed by atoms with Crippen molar-refractivity contribution in [3.8, 4) is 0 Å². The van der Waals surface area contributed by atoms with E-state index in [1.807, 2.05) is 0 Å². The van der Waals surface area contributed by atoms with Crippen molar-refractivity contribution < 1.29 is 8.42 Å². The van der Waals surface area contributed by atoms with Crippen molar-refractivity contribution in [3.05, 3.63) is 0 Å². The number of hydrogen-bond donors (Lipinski definition) is 0. The van der Waals surface area contributed by atoms with Crippen LogP contribution in [0.2, 0.25) is 0 Å². The number of rotatable bonds is 5. The monoisotopic (exact) mass is 254 g/mol. The maximum Gasteiger partial charge on any atom is 0.155 e. The topological polar surface area (TPSA) is 34.1 Å². The molecule has 0 fully saturated rings. The van der Waals surface area contributed by atoms with Gasteiger partial charge in [0.05, 0.1) is 10.5 Å². The van der Waals surface area contributed by atoms with Crippen LogP contribution in [0.15, 0.2) is 0 Å². The molecule has 2 nitrogen and oxygen atoms in total. The Labute approximate surface area is 99.3 Å². The summed E-state index contributed by atoms with van der Waals surface area (Å²) in [5.41, 5.74) is 0. The van der Waals surface area contributed by atoms with E-state index in [0.717, 1.165) is 0 Å². The zero-order valence-electron chi connectivity index (χ0n) is 10.4. The highest BCUT2D eigenvalue weighted by atomic mass is 35.5. The number of hydrogen-bond acceptors (Lipinski definition) is 2. The standard InChI is InChI=1S/C11H23ClO2S/c1-9(2)10(8-12)6-7-15(13,14)11(3,4)5/h9-10H,6-8H2,1-5H3. The Morgan fingerprint density at radius 2 is 1.67 bits per heavy atom. The lowest BCUT2D eigenvalue weighted by molar-refractivity contribution is 0.410. The maximum absolute atomic E-state index is 11.9. The minimum atomic E-state index is -3.00. The molecule has 0 spiro atoms. The molecule has 0 aromatic carbocycles. The quantitative estimate of drug-likeness (QED) is 0.707. The zero-order valence-corrected chi connectivity index (χ0v) is 12.0. The van der Waals surface area contributed by atoms with Gasteiger partial charge in [-0.25, -0.2) is 8.42 Å². The minimum absolute atomic E-state index is 0.242. The van der Waals surface area contributed by atoms with Crippen LogP contribution in [0, 0.1) is 11.8 Å². The summed E-state index contributed by atoms with van der Waals surface area (Å²) in [7, 11) is -3.00. The molecule has 0 radical (unpaired) electrons. The maximum atomic E-state index is 11.9.